The first-order chi connectivity index (χ1) is 9.06. The Labute approximate surface area is 117 Å². The monoisotopic (exact) mass is 278 g/mol. The molecule has 2 N–H and O–H groups in total. The molecular weight excluding hydrogens is 260 g/mol. The van der Waals surface area contributed by atoms with Gasteiger partial charge in [0.1, 0.15) is 0 Å². The maximum Gasteiger partial charge on any atom is 0.238 e. The zero-order chi connectivity index (χ0) is 13.8. The molecule has 0 saturated carbocycles. The Bertz CT molecular complexity index is 488. The van der Waals surface area contributed by atoms with Crippen molar-refractivity contribution in [3.8, 4) is 0 Å². The van der Waals surface area contributed by atoms with Crippen LogP contribution in [0.15, 0.2) is 29.2 Å². The Morgan fingerprint density at radius 3 is 2.89 bits per heavy atom. The summed E-state index contributed by atoms with van der Waals surface area (Å²) in [5, 5.41) is 5.34. The number of anilines is 1. The highest BCUT2D eigenvalue weighted by Crippen LogP contribution is 2.36. The summed E-state index contributed by atoms with van der Waals surface area (Å²) in [5.74, 6) is 0.252. The first-order valence-electron chi connectivity index (χ1n) is 6.39. The van der Waals surface area contributed by atoms with Gasteiger partial charge < -0.3 is 10.6 Å². The van der Waals surface area contributed by atoms with Crippen molar-refractivity contribution >= 4 is 29.3 Å². The molecule has 0 bridgehead atoms. The van der Waals surface area contributed by atoms with Crippen LogP contribution in [0.1, 0.15) is 20.3 Å². The fourth-order valence-electron chi connectivity index (χ4n) is 1.79. The van der Waals surface area contributed by atoms with Crippen LogP contribution in [-0.4, -0.2) is 23.6 Å². The van der Waals surface area contributed by atoms with Gasteiger partial charge in [0, 0.05) is 17.9 Å². The lowest BCUT2D eigenvalue weighted by Crippen LogP contribution is -2.35. The van der Waals surface area contributed by atoms with Crippen LogP contribution in [0.4, 0.5) is 5.69 Å². The van der Waals surface area contributed by atoms with E-state index in [0.29, 0.717) is 12.5 Å². The van der Waals surface area contributed by atoms with E-state index in [9.17, 15) is 9.59 Å². The molecule has 0 aromatic heterocycles. The standard InChI is InChI=1S/C14H18N2O2S/c1-9(2)8-15-13(17)7-12-14(18)16-10-5-3-4-6-11(10)19-12/h3-6,9,12H,7-8H2,1-2H3,(H,15,17)(H,16,18)/t12-/m1/s1. The Hall–Kier alpha value is -1.49. The lowest BCUT2D eigenvalue weighted by atomic mass is 10.2. The van der Waals surface area contributed by atoms with Crippen molar-refractivity contribution in [2.24, 2.45) is 5.92 Å². The first-order valence-corrected chi connectivity index (χ1v) is 7.27. The van der Waals surface area contributed by atoms with E-state index in [1.54, 1.807) is 0 Å². The van der Waals surface area contributed by atoms with E-state index in [0.717, 1.165) is 10.6 Å². The zero-order valence-corrected chi connectivity index (χ0v) is 11.9. The molecule has 0 unspecified atom stereocenters. The third-order valence-electron chi connectivity index (χ3n) is 2.78. The molecule has 1 heterocycles. The minimum absolute atomic E-state index is 0.0688. The van der Waals surface area contributed by atoms with E-state index in [1.165, 1.54) is 11.8 Å². The topological polar surface area (TPSA) is 58.2 Å². The van der Waals surface area contributed by atoms with Gasteiger partial charge in [0.15, 0.2) is 0 Å². The van der Waals surface area contributed by atoms with Crippen molar-refractivity contribution < 1.29 is 9.59 Å². The number of hydrogen-bond acceptors (Lipinski definition) is 3. The minimum Gasteiger partial charge on any atom is -0.356 e. The minimum atomic E-state index is -0.345. The second-order valence-electron chi connectivity index (χ2n) is 4.99. The van der Waals surface area contributed by atoms with Gasteiger partial charge in [-0.3, -0.25) is 9.59 Å². The molecule has 102 valence electrons. The van der Waals surface area contributed by atoms with Gasteiger partial charge >= 0.3 is 0 Å². The van der Waals surface area contributed by atoms with E-state index in [1.807, 2.05) is 38.1 Å². The number of carbonyl (C=O) groups is 2. The highest BCUT2D eigenvalue weighted by Gasteiger charge is 2.28. The van der Waals surface area contributed by atoms with Crippen LogP contribution in [0.2, 0.25) is 0 Å². The number of fused-ring (bicyclic) bond motifs is 1. The molecule has 4 nitrogen and oxygen atoms in total. The van der Waals surface area contributed by atoms with Gasteiger partial charge in [0.05, 0.1) is 10.9 Å². The SMILES string of the molecule is CC(C)CNC(=O)C[C@H]1Sc2ccccc2NC1=O. The maximum absolute atomic E-state index is 11.9. The molecular formula is C14H18N2O2S. The Kier molecular flexibility index (Phi) is 4.47. The molecule has 0 spiro atoms. The van der Waals surface area contributed by atoms with Crippen LogP contribution < -0.4 is 10.6 Å². The predicted octanol–water partition coefficient (Wildman–Crippen LogP) is 2.26. The summed E-state index contributed by atoms with van der Waals surface area (Å²) >= 11 is 1.45. The molecule has 1 atom stereocenters. The number of hydrogen-bond donors (Lipinski definition) is 2. The number of thioether (sulfide) groups is 1. The molecule has 0 aliphatic carbocycles. The fraction of sp³-hybridized carbons (Fsp3) is 0.429. The van der Waals surface area contributed by atoms with Crippen LogP contribution >= 0.6 is 11.8 Å². The average molecular weight is 278 g/mol. The van der Waals surface area contributed by atoms with E-state index in [-0.39, 0.29) is 23.5 Å². The van der Waals surface area contributed by atoms with Gasteiger partial charge in [-0.15, -0.1) is 11.8 Å². The van der Waals surface area contributed by atoms with Gasteiger partial charge in [0.2, 0.25) is 11.8 Å². The second kappa shape index (κ2) is 6.10. The predicted molar refractivity (Wildman–Crippen MR) is 77.2 cm³/mol. The molecule has 1 aliphatic heterocycles. The average Bonchev–Trinajstić information content (AvgIpc) is 2.37. The molecule has 19 heavy (non-hydrogen) atoms. The normalized spacial score (nSPS) is 17.8. The van der Waals surface area contributed by atoms with E-state index < -0.39 is 0 Å². The van der Waals surface area contributed by atoms with Crippen LogP contribution in [0.5, 0.6) is 0 Å². The van der Waals surface area contributed by atoms with Crippen molar-refractivity contribution in [2.75, 3.05) is 11.9 Å². The number of amides is 2. The quantitative estimate of drug-likeness (QED) is 0.888. The molecule has 0 radical (unpaired) electrons. The molecule has 1 aromatic rings. The third-order valence-corrected chi connectivity index (χ3v) is 4.06. The van der Waals surface area contributed by atoms with Crippen LogP contribution in [0.3, 0.4) is 0 Å². The van der Waals surface area contributed by atoms with E-state index >= 15 is 0 Å². The summed E-state index contributed by atoms with van der Waals surface area (Å²) in [6, 6.07) is 7.64. The molecule has 0 fully saturated rings. The first kappa shape index (κ1) is 13.9. The van der Waals surface area contributed by atoms with Gasteiger partial charge in [0.25, 0.3) is 0 Å². The Morgan fingerprint density at radius 1 is 1.42 bits per heavy atom. The molecule has 1 aliphatic rings. The maximum atomic E-state index is 11.9. The molecule has 2 amide bonds. The molecule has 2 rings (SSSR count). The van der Waals surface area contributed by atoms with Gasteiger partial charge in [-0.05, 0) is 18.1 Å². The lowest BCUT2D eigenvalue weighted by Gasteiger charge is -2.23. The third kappa shape index (κ3) is 3.73. The zero-order valence-electron chi connectivity index (χ0n) is 11.1. The molecule has 0 saturated heterocycles. The number of nitrogens with one attached hydrogen (secondary N) is 2. The summed E-state index contributed by atoms with van der Waals surface area (Å²) in [6.07, 6.45) is 0.220. The largest absolute Gasteiger partial charge is 0.356 e. The summed E-state index contributed by atoms with van der Waals surface area (Å²) in [7, 11) is 0. The van der Waals surface area contributed by atoms with Gasteiger partial charge in [-0.1, -0.05) is 26.0 Å². The number of para-hydroxylation sites is 1. The van der Waals surface area contributed by atoms with Crippen LogP contribution in [-0.2, 0) is 9.59 Å². The lowest BCUT2D eigenvalue weighted by molar-refractivity contribution is -0.124. The number of carbonyl (C=O) groups excluding carboxylic acids is 2. The van der Waals surface area contributed by atoms with Gasteiger partial charge in [-0.25, -0.2) is 0 Å². The van der Waals surface area contributed by atoms with Crippen molar-refractivity contribution in [2.45, 2.75) is 30.4 Å². The summed E-state index contributed by atoms with van der Waals surface area (Å²) in [4.78, 5) is 24.7. The van der Waals surface area contributed by atoms with Crippen molar-refractivity contribution in [1.29, 1.82) is 0 Å². The van der Waals surface area contributed by atoms with Crippen molar-refractivity contribution in [1.82, 2.24) is 5.32 Å². The molecule has 1 aromatic carbocycles. The second-order valence-corrected chi connectivity index (χ2v) is 6.24. The molecule has 5 heteroatoms. The number of rotatable bonds is 4. The highest BCUT2D eigenvalue weighted by atomic mass is 32.2. The van der Waals surface area contributed by atoms with Crippen molar-refractivity contribution in [3.05, 3.63) is 24.3 Å². The number of benzene rings is 1. The van der Waals surface area contributed by atoms with Crippen LogP contribution in [0, 0.1) is 5.92 Å². The van der Waals surface area contributed by atoms with Crippen LogP contribution in [0.25, 0.3) is 0 Å². The van der Waals surface area contributed by atoms with E-state index in [2.05, 4.69) is 10.6 Å². The fourth-order valence-corrected chi connectivity index (χ4v) is 2.90. The Balaban J connectivity index is 1.95. The Morgan fingerprint density at radius 2 is 2.16 bits per heavy atom. The van der Waals surface area contributed by atoms with E-state index in [4.69, 9.17) is 0 Å². The van der Waals surface area contributed by atoms with Crippen molar-refractivity contribution in [3.63, 3.8) is 0 Å². The summed E-state index contributed by atoms with van der Waals surface area (Å²) in [5.41, 5.74) is 0.830. The summed E-state index contributed by atoms with van der Waals surface area (Å²) < 4.78 is 0. The van der Waals surface area contributed by atoms with Gasteiger partial charge in [-0.2, -0.15) is 0 Å². The smallest absolute Gasteiger partial charge is 0.238 e. The summed E-state index contributed by atoms with van der Waals surface area (Å²) in [6.45, 7) is 4.73. The highest BCUT2D eigenvalue weighted by molar-refractivity contribution is 8.01.